The highest BCUT2D eigenvalue weighted by molar-refractivity contribution is 6.31. The second kappa shape index (κ2) is 6.96. The second-order valence-electron chi connectivity index (χ2n) is 7.42. The van der Waals surface area contributed by atoms with Gasteiger partial charge in [0.05, 0.1) is 12.0 Å². The largest absolute Gasteiger partial charge is 0.389 e. The molecule has 1 aliphatic carbocycles. The molecule has 1 saturated heterocycles. The van der Waals surface area contributed by atoms with E-state index in [0.717, 1.165) is 18.4 Å². The topological polar surface area (TPSA) is 60.9 Å². The molecule has 0 unspecified atom stereocenters. The number of aryl methyl sites for hydroxylation is 1. The first kappa shape index (κ1) is 18.2. The third-order valence-corrected chi connectivity index (χ3v) is 5.76. The molecule has 3 rings (SSSR count). The molecule has 0 aromatic heterocycles. The lowest BCUT2D eigenvalue weighted by Gasteiger charge is -2.38. The summed E-state index contributed by atoms with van der Waals surface area (Å²) >= 11 is 6.04. The minimum atomic E-state index is -0.781. The maximum Gasteiger partial charge on any atom is 0.253 e. The van der Waals surface area contributed by atoms with Crippen molar-refractivity contribution >= 4 is 23.4 Å². The molecule has 0 spiro atoms. The van der Waals surface area contributed by atoms with Gasteiger partial charge in [0.25, 0.3) is 5.91 Å². The van der Waals surface area contributed by atoms with Crippen molar-refractivity contribution in [3.63, 3.8) is 0 Å². The van der Waals surface area contributed by atoms with Crippen LogP contribution >= 0.6 is 11.6 Å². The van der Waals surface area contributed by atoms with Gasteiger partial charge in [-0.3, -0.25) is 9.59 Å². The summed E-state index contributed by atoms with van der Waals surface area (Å²) in [6.45, 7) is 3.11. The molecule has 1 N–H and O–H groups in total. The first-order valence-corrected chi connectivity index (χ1v) is 9.20. The third kappa shape index (κ3) is 4.15. The zero-order valence-electron chi connectivity index (χ0n) is 14.8. The molecule has 1 aliphatic heterocycles. The quantitative estimate of drug-likeness (QED) is 0.893. The Morgan fingerprint density at radius 3 is 2.76 bits per heavy atom. The average Bonchev–Trinajstić information content (AvgIpc) is 3.32. The minimum absolute atomic E-state index is 0.000877. The van der Waals surface area contributed by atoms with Crippen LogP contribution in [-0.4, -0.2) is 58.5 Å². The van der Waals surface area contributed by atoms with Crippen molar-refractivity contribution < 1.29 is 14.7 Å². The number of piperidine rings is 1. The van der Waals surface area contributed by atoms with Crippen LogP contribution in [0, 0.1) is 6.92 Å². The molecule has 2 amide bonds. The lowest BCUT2D eigenvalue weighted by molar-refractivity contribution is -0.135. The first-order valence-electron chi connectivity index (χ1n) is 8.82. The average molecular weight is 365 g/mol. The minimum Gasteiger partial charge on any atom is -0.389 e. The summed E-state index contributed by atoms with van der Waals surface area (Å²) in [7, 11) is 1.78. The Morgan fingerprint density at radius 2 is 2.12 bits per heavy atom. The Bertz CT molecular complexity index is 687. The Balaban J connectivity index is 1.64. The van der Waals surface area contributed by atoms with E-state index in [4.69, 9.17) is 11.6 Å². The van der Waals surface area contributed by atoms with Crippen LogP contribution in [0.3, 0.4) is 0 Å². The zero-order chi connectivity index (χ0) is 18.2. The summed E-state index contributed by atoms with van der Waals surface area (Å²) in [5, 5.41) is 10.6. The smallest absolute Gasteiger partial charge is 0.253 e. The number of halogens is 1. The summed E-state index contributed by atoms with van der Waals surface area (Å²) < 4.78 is 0. The molecule has 6 heteroatoms. The van der Waals surface area contributed by atoms with Gasteiger partial charge in [0, 0.05) is 36.8 Å². The predicted molar refractivity (Wildman–Crippen MR) is 96.7 cm³/mol. The Kier molecular flexibility index (Phi) is 5.07. The molecule has 5 nitrogen and oxygen atoms in total. The van der Waals surface area contributed by atoms with Crippen LogP contribution < -0.4 is 0 Å². The number of rotatable bonds is 4. The number of carbonyl (C=O) groups excluding carboxylic acids is 2. The molecule has 0 radical (unpaired) electrons. The SMILES string of the molecule is Cc1cc(C(=O)N2CCC[C@H](N(C)C(=O)CC3(O)CC3)C2)ccc1Cl. The third-order valence-electron chi connectivity index (χ3n) is 5.34. The number of amides is 2. The Morgan fingerprint density at radius 1 is 1.40 bits per heavy atom. The summed E-state index contributed by atoms with van der Waals surface area (Å²) in [5.74, 6) is -0.0622. The van der Waals surface area contributed by atoms with Crippen LogP contribution in [0.25, 0.3) is 0 Å². The summed E-state index contributed by atoms with van der Waals surface area (Å²) in [6, 6.07) is 5.31. The van der Waals surface area contributed by atoms with Crippen molar-refractivity contribution in [1.29, 1.82) is 0 Å². The van der Waals surface area contributed by atoms with Crippen LogP contribution in [0.2, 0.25) is 5.02 Å². The normalized spacial score (nSPS) is 21.8. The number of benzene rings is 1. The van der Waals surface area contributed by atoms with E-state index < -0.39 is 5.60 Å². The number of hydrogen-bond acceptors (Lipinski definition) is 3. The fraction of sp³-hybridized carbons (Fsp3) is 0.579. The van der Waals surface area contributed by atoms with Gasteiger partial charge in [-0.1, -0.05) is 11.6 Å². The van der Waals surface area contributed by atoms with E-state index in [2.05, 4.69) is 0 Å². The van der Waals surface area contributed by atoms with Gasteiger partial charge >= 0.3 is 0 Å². The molecule has 25 heavy (non-hydrogen) atoms. The molecule has 136 valence electrons. The molecule has 2 fully saturated rings. The highest BCUT2D eigenvalue weighted by Gasteiger charge is 2.43. The number of hydrogen-bond donors (Lipinski definition) is 1. The van der Waals surface area contributed by atoms with Gasteiger partial charge < -0.3 is 14.9 Å². The standard InChI is InChI=1S/C19H25ClN2O3/c1-13-10-14(5-6-16(13)20)18(24)22-9-3-4-15(12-22)21(2)17(23)11-19(25)7-8-19/h5-6,10,15,25H,3-4,7-9,11-12H2,1-2H3/t15-/m0/s1. The fourth-order valence-electron chi connectivity index (χ4n) is 3.35. The number of likely N-dealkylation sites (N-methyl/N-ethyl adjacent to an activating group) is 1. The van der Waals surface area contributed by atoms with Crippen LogP contribution in [-0.2, 0) is 4.79 Å². The van der Waals surface area contributed by atoms with Gasteiger partial charge in [-0.2, -0.15) is 0 Å². The Labute approximate surface area is 153 Å². The highest BCUT2D eigenvalue weighted by atomic mass is 35.5. The number of aliphatic hydroxyl groups is 1. The van der Waals surface area contributed by atoms with Gasteiger partial charge in [-0.25, -0.2) is 0 Å². The number of likely N-dealkylation sites (tertiary alicyclic amines) is 1. The van der Waals surface area contributed by atoms with E-state index in [-0.39, 0.29) is 24.3 Å². The lowest BCUT2D eigenvalue weighted by atomic mass is 10.0. The molecule has 1 aromatic carbocycles. The zero-order valence-corrected chi connectivity index (χ0v) is 15.6. The first-order chi connectivity index (χ1) is 11.8. The fourth-order valence-corrected chi connectivity index (χ4v) is 3.46. The van der Waals surface area contributed by atoms with Crippen LogP contribution in [0.15, 0.2) is 18.2 Å². The summed E-state index contributed by atoms with van der Waals surface area (Å²) in [5.41, 5.74) is 0.728. The van der Waals surface area contributed by atoms with Gasteiger partial charge in [0.15, 0.2) is 0 Å². The number of carbonyl (C=O) groups is 2. The highest BCUT2D eigenvalue weighted by Crippen LogP contribution is 2.38. The molecular formula is C19H25ClN2O3. The van der Waals surface area contributed by atoms with Crippen molar-refractivity contribution in [2.45, 2.75) is 50.7 Å². The summed E-state index contributed by atoms with van der Waals surface area (Å²) in [4.78, 5) is 28.7. The van der Waals surface area contributed by atoms with Crippen molar-refractivity contribution in [3.05, 3.63) is 34.3 Å². The molecule has 1 saturated carbocycles. The predicted octanol–water partition coefficient (Wildman–Crippen LogP) is 2.63. The van der Waals surface area contributed by atoms with Gasteiger partial charge in [0.2, 0.25) is 5.91 Å². The monoisotopic (exact) mass is 364 g/mol. The Hall–Kier alpha value is -1.59. The summed E-state index contributed by atoms with van der Waals surface area (Å²) in [6.07, 6.45) is 3.34. The van der Waals surface area contributed by atoms with Crippen LogP contribution in [0.1, 0.15) is 48.0 Å². The maximum atomic E-state index is 12.8. The molecule has 1 atom stereocenters. The maximum absolute atomic E-state index is 12.8. The van der Waals surface area contributed by atoms with E-state index in [9.17, 15) is 14.7 Å². The molecule has 1 aromatic rings. The molecule has 0 bridgehead atoms. The molecular weight excluding hydrogens is 340 g/mol. The molecule has 2 aliphatic rings. The van der Waals surface area contributed by atoms with Gasteiger partial charge in [-0.05, 0) is 56.4 Å². The van der Waals surface area contributed by atoms with Gasteiger partial charge in [0.1, 0.15) is 0 Å². The van der Waals surface area contributed by atoms with E-state index in [0.29, 0.717) is 36.5 Å². The van der Waals surface area contributed by atoms with Gasteiger partial charge in [-0.15, -0.1) is 0 Å². The van der Waals surface area contributed by atoms with Crippen molar-refractivity contribution in [2.24, 2.45) is 0 Å². The second-order valence-corrected chi connectivity index (χ2v) is 7.82. The van der Waals surface area contributed by atoms with Crippen molar-refractivity contribution in [2.75, 3.05) is 20.1 Å². The van der Waals surface area contributed by atoms with E-state index >= 15 is 0 Å². The van der Waals surface area contributed by atoms with E-state index in [1.165, 1.54) is 0 Å². The van der Waals surface area contributed by atoms with Crippen LogP contribution in [0.4, 0.5) is 0 Å². The van der Waals surface area contributed by atoms with E-state index in [1.807, 2.05) is 17.9 Å². The van der Waals surface area contributed by atoms with E-state index in [1.54, 1.807) is 24.1 Å². The van der Waals surface area contributed by atoms with Crippen LogP contribution in [0.5, 0.6) is 0 Å². The number of nitrogens with zero attached hydrogens (tertiary/aromatic N) is 2. The lowest BCUT2D eigenvalue weighted by Crippen LogP contribution is -2.50. The van der Waals surface area contributed by atoms with Crippen molar-refractivity contribution in [1.82, 2.24) is 9.80 Å². The van der Waals surface area contributed by atoms with Crippen molar-refractivity contribution in [3.8, 4) is 0 Å². The molecule has 1 heterocycles.